The maximum Gasteiger partial charge on any atom is 0.417 e. The summed E-state index contributed by atoms with van der Waals surface area (Å²) in [7, 11) is 3.10. The van der Waals surface area contributed by atoms with Gasteiger partial charge in [0.1, 0.15) is 18.0 Å². The van der Waals surface area contributed by atoms with E-state index in [1.54, 1.807) is 50.6 Å². The zero-order valence-electron chi connectivity index (χ0n) is 20.9. The van der Waals surface area contributed by atoms with Crippen LogP contribution < -0.4 is 9.47 Å². The van der Waals surface area contributed by atoms with Gasteiger partial charge in [0.2, 0.25) is 0 Å². The fourth-order valence-corrected chi connectivity index (χ4v) is 4.18. The minimum absolute atomic E-state index is 0.0114. The number of methoxy groups -OCH3 is 2. The van der Waals surface area contributed by atoms with Crippen LogP contribution in [0.4, 0.5) is 4.79 Å². The van der Waals surface area contributed by atoms with Crippen molar-refractivity contribution in [1.29, 1.82) is 0 Å². The van der Waals surface area contributed by atoms with Gasteiger partial charge in [-0.1, -0.05) is 18.2 Å². The van der Waals surface area contributed by atoms with Gasteiger partial charge >= 0.3 is 6.09 Å². The van der Waals surface area contributed by atoms with Crippen molar-refractivity contribution in [1.82, 2.24) is 9.47 Å². The van der Waals surface area contributed by atoms with Gasteiger partial charge in [-0.2, -0.15) is 0 Å². The third kappa shape index (κ3) is 6.26. The van der Waals surface area contributed by atoms with Crippen molar-refractivity contribution in [3.8, 4) is 11.5 Å². The highest BCUT2D eigenvalue weighted by Gasteiger charge is 2.31. The number of hydrogen-bond donors (Lipinski definition) is 0. The molecule has 0 aliphatic rings. The number of fused-ring (bicyclic) bond motifs is 1. The molecule has 35 heavy (non-hydrogen) atoms. The summed E-state index contributed by atoms with van der Waals surface area (Å²) < 4.78 is 24.7. The third-order valence-electron chi connectivity index (χ3n) is 5.19. The molecule has 188 valence electrons. The predicted molar refractivity (Wildman–Crippen MR) is 142 cm³/mol. The van der Waals surface area contributed by atoms with E-state index in [4.69, 9.17) is 18.9 Å². The number of carbonyl (C=O) groups excluding carboxylic acids is 2. The molecule has 0 bridgehead atoms. The number of halogens is 1. The van der Waals surface area contributed by atoms with Crippen LogP contribution in [0.25, 0.3) is 10.9 Å². The molecular weight excluding hydrogens is 563 g/mol. The Kier molecular flexibility index (Phi) is 8.65. The first-order chi connectivity index (χ1) is 16.6. The quantitative estimate of drug-likeness (QED) is 0.306. The molecule has 0 N–H and O–H groups in total. The van der Waals surface area contributed by atoms with Crippen LogP contribution in [-0.2, 0) is 22.7 Å². The van der Waals surface area contributed by atoms with E-state index in [0.717, 1.165) is 24.9 Å². The van der Waals surface area contributed by atoms with E-state index in [-0.39, 0.29) is 13.3 Å². The molecule has 1 heterocycles. The monoisotopic (exact) mass is 594 g/mol. The van der Waals surface area contributed by atoms with Crippen LogP contribution >= 0.6 is 22.6 Å². The lowest BCUT2D eigenvalue weighted by Gasteiger charge is -2.27. The largest absolute Gasteiger partial charge is 0.493 e. The Morgan fingerprint density at radius 2 is 1.69 bits per heavy atom. The van der Waals surface area contributed by atoms with Crippen molar-refractivity contribution in [3.63, 3.8) is 0 Å². The molecule has 2 amide bonds. The highest BCUT2D eigenvalue weighted by Crippen LogP contribution is 2.32. The van der Waals surface area contributed by atoms with Crippen LogP contribution in [0.15, 0.2) is 42.5 Å². The van der Waals surface area contributed by atoms with Crippen molar-refractivity contribution in [2.45, 2.75) is 46.6 Å². The summed E-state index contributed by atoms with van der Waals surface area (Å²) in [6, 6.07) is 13.0. The Bertz CT molecular complexity index is 1210. The van der Waals surface area contributed by atoms with Gasteiger partial charge in [-0.3, -0.25) is 4.79 Å². The van der Waals surface area contributed by atoms with Gasteiger partial charge < -0.3 is 23.5 Å². The van der Waals surface area contributed by atoms with E-state index in [0.29, 0.717) is 23.8 Å². The number of para-hydroxylation sites is 1. The number of hydrogen-bond acceptors (Lipinski definition) is 6. The first-order valence-corrected chi connectivity index (χ1v) is 12.3. The minimum Gasteiger partial charge on any atom is -0.493 e. The van der Waals surface area contributed by atoms with Crippen LogP contribution in [0, 0.1) is 3.57 Å². The zero-order valence-corrected chi connectivity index (χ0v) is 23.0. The normalized spacial score (nSPS) is 11.4. The second kappa shape index (κ2) is 11.3. The average Bonchev–Trinajstić information content (AvgIpc) is 3.18. The molecule has 8 nitrogen and oxygen atoms in total. The topological polar surface area (TPSA) is 79.2 Å². The van der Waals surface area contributed by atoms with E-state index < -0.39 is 17.6 Å². The molecule has 9 heteroatoms. The number of aromatic nitrogens is 1. The van der Waals surface area contributed by atoms with E-state index >= 15 is 0 Å². The van der Waals surface area contributed by atoms with Crippen LogP contribution in [0.1, 0.15) is 43.7 Å². The molecule has 2 aromatic carbocycles. The Labute approximate surface area is 219 Å². The standard InChI is InChI=1S/C26H31IN2O6/c1-7-34-16-29-20-11-9-8-10-17(20)12-21(29)24(30)28(25(31)35-26(2,3)4)15-18-13-22(32-5)23(33-6)14-19(18)27/h8-14H,7,15-16H2,1-6H3. The van der Waals surface area contributed by atoms with Gasteiger partial charge in [0, 0.05) is 15.6 Å². The van der Waals surface area contributed by atoms with E-state index in [9.17, 15) is 9.59 Å². The van der Waals surface area contributed by atoms with Gasteiger partial charge in [-0.25, -0.2) is 9.69 Å². The number of carbonyl (C=O) groups is 2. The van der Waals surface area contributed by atoms with Gasteiger partial charge in [-0.15, -0.1) is 0 Å². The molecule has 0 aliphatic carbocycles. The Hall–Kier alpha value is -2.79. The average molecular weight is 594 g/mol. The first-order valence-electron chi connectivity index (χ1n) is 11.2. The summed E-state index contributed by atoms with van der Waals surface area (Å²) in [5.41, 5.74) is 1.11. The van der Waals surface area contributed by atoms with Crippen LogP contribution in [-0.4, -0.2) is 47.9 Å². The van der Waals surface area contributed by atoms with Crippen LogP contribution in [0.3, 0.4) is 0 Å². The summed E-state index contributed by atoms with van der Waals surface area (Å²) in [5, 5.41) is 0.875. The van der Waals surface area contributed by atoms with E-state index in [1.165, 1.54) is 7.11 Å². The fourth-order valence-electron chi connectivity index (χ4n) is 3.57. The smallest absolute Gasteiger partial charge is 0.417 e. The maximum absolute atomic E-state index is 13.9. The third-order valence-corrected chi connectivity index (χ3v) is 6.20. The molecule has 0 spiro atoms. The Morgan fingerprint density at radius 1 is 1.03 bits per heavy atom. The van der Waals surface area contributed by atoms with Crippen LogP contribution in [0.2, 0.25) is 0 Å². The molecule has 1 aromatic heterocycles. The molecule has 3 aromatic rings. The fraction of sp³-hybridized carbons (Fsp3) is 0.385. The molecule has 3 rings (SSSR count). The molecule has 0 atom stereocenters. The summed E-state index contributed by atoms with van der Waals surface area (Å²) >= 11 is 2.15. The predicted octanol–water partition coefficient (Wildman–Crippen LogP) is 5.83. The number of ether oxygens (including phenoxy) is 4. The van der Waals surface area contributed by atoms with E-state index in [2.05, 4.69) is 22.6 Å². The zero-order chi connectivity index (χ0) is 25.8. The van der Waals surface area contributed by atoms with Crippen molar-refractivity contribution < 1.29 is 28.5 Å². The molecular formula is C26H31IN2O6. The number of imide groups is 1. The molecule has 0 fully saturated rings. The maximum atomic E-state index is 13.9. The Balaban J connectivity index is 2.09. The summed E-state index contributed by atoms with van der Waals surface area (Å²) in [6.45, 7) is 7.84. The SMILES string of the molecule is CCOCn1c(C(=O)N(Cc2cc(OC)c(OC)cc2I)C(=O)OC(C)(C)C)cc2ccccc21. The number of rotatable bonds is 8. The summed E-state index contributed by atoms with van der Waals surface area (Å²) in [5.74, 6) is 0.582. The van der Waals surface area contributed by atoms with Crippen molar-refractivity contribution in [2.75, 3.05) is 20.8 Å². The van der Waals surface area contributed by atoms with Gasteiger partial charge in [-0.05, 0) is 80.1 Å². The summed E-state index contributed by atoms with van der Waals surface area (Å²) in [6.07, 6.45) is -0.735. The molecule has 0 aliphatic heterocycles. The van der Waals surface area contributed by atoms with Crippen LogP contribution in [0.5, 0.6) is 11.5 Å². The van der Waals surface area contributed by atoms with Crippen molar-refractivity contribution in [2.24, 2.45) is 0 Å². The highest BCUT2D eigenvalue weighted by molar-refractivity contribution is 14.1. The van der Waals surface area contributed by atoms with Gasteiger partial charge in [0.15, 0.2) is 11.5 Å². The van der Waals surface area contributed by atoms with Gasteiger partial charge in [0.25, 0.3) is 5.91 Å². The summed E-state index contributed by atoms with van der Waals surface area (Å²) in [4.78, 5) is 28.3. The molecule has 0 unspecified atom stereocenters. The minimum atomic E-state index is -0.779. The first kappa shape index (κ1) is 26.8. The second-order valence-electron chi connectivity index (χ2n) is 8.81. The lowest BCUT2D eigenvalue weighted by Crippen LogP contribution is -2.41. The Morgan fingerprint density at radius 3 is 2.31 bits per heavy atom. The van der Waals surface area contributed by atoms with Gasteiger partial charge in [0.05, 0.1) is 26.3 Å². The number of benzene rings is 2. The number of nitrogens with zero attached hydrogens (tertiary/aromatic N) is 2. The molecule has 0 saturated heterocycles. The van der Waals surface area contributed by atoms with Crippen molar-refractivity contribution in [3.05, 3.63) is 57.3 Å². The molecule has 0 saturated carbocycles. The molecule has 0 radical (unpaired) electrons. The highest BCUT2D eigenvalue weighted by atomic mass is 127. The van der Waals surface area contributed by atoms with Crippen molar-refractivity contribution >= 4 is 45.5 Å². The number of amides is 2. The lowest BCUT2D eigenvalue weighted by molar-refractivity contribution is 0.0216. The van der Waals surface area contributed by atoms with E-state index in [1.807, 2.05) is 31.2 Å². The lowest BCUT2D eigenvalue weighted by atomic mass is 10.1. The second-order valence-corrected chi connectivity index (χ2v) is 9.97.